The van der Waals surface area contributed by atoms with Gasteiger partial charge < -0.3 is 15.5 Å². The Bertz CT molecular complexity index is 1020. The Hall–Kier alpha value is -3.23. The number of hydrogen-bond acceptors (Lipinski definition) is 5. The first kappa shape index (κ1) is 19.1. The molecule has 1 saturated heterocycles. The van der Waals surface area contributed by atoms with E-state index >= 15 is 0 Å². The molecule has 0 saturated carbocycles. The summed E-state index contributed by atoms with van der Waals surface area (Å²) in [6.07, 6.45) is 1.93. The van der Waals surface area contributed by atoms with Crippen LogP contribution in [0.3, 0.4) is 0 Å². The highest BCUT2D eigenvalue weighted by atomic mass is 19.1. The molecule has 3 heterocycles. The van der Waals surface area contributed by atoms with Crippen molar-refractivity contribution in [3.63, 3.8) is 0 Å². The first-order valence-electron chi connectivity index (χ1n) is 9.66. The van der Waals surface area contributed by atoms with Gasteiger partial charge >= 0.3 is 0 Å². The van der Waals surface area contributed by atoms with Gasteiger partial charge in [0.05, 0.1) is 11.5 Å². The topological polar surface area (TPSA) is 107 Å². The molecular formula is C20H22FN5O3. The summed E-state index contributed by atoms with van der Waals surface area (Å²) in [4.78, 5) is 47.0. The summed E-state index contributed by atoms with van der Waals surface area (Å²) in [5.41, 5.74) is -0.0826. The fourth-order valence-electron chi connectivity index (χ4n) is 3.91. The van der Waals surface area contributed by atoms with E-state index in [2.05, 4.69) is 27.5 Å². The monoisotopic (exact) mass is 399 g/mol. The number of aromatic amines is 1. The molecule has 3 N–H and O–H groups in total. The Morgan fingerprint density at radius 1 is 1.34 bits per heavy atom. The molecule has 1 aromatic heterocycles. The number of halogens is 1. The smallest absolute Gasteiger partial charge is 0.258 e. The summed E-state index contributed by atoms with van der Waals surface area (Å²) < 4.78 is 13.4. The lowest BCUT2D eigenvalue weighted by atomic mass is 9.92. The fourth-order valence-corrected chi connectivity index (χ4v) is 3.91. The first-order chi connectivity index (χ1) is 13.9. The lowest BCUT2D eigenvalue weighted by Gasteiger charge is -2.32. The molecule has 0 aliphatic carbocycles. The zero-order chi connectivity index (χ0) is 20.5. The van der Waals surface area contributed by atoms with Gasteiger partial charge in [-0.3, -0.25) is 19.4 Å². The summed E-state index contributed by atoms with van der Waals surface area (Å²) in [6, 6.07) is 5.43. The van der Waals surface area contributed by atoms with E-state index in [0.29, 0.717) is 11.9 Å². The minimum absolute atomic E-state index is 0.109. The van der Waals surface area contributed by atoms with E-state index in [9.17, 15) is 18.8 Å². The highest BCUT2D eigenvalue weighted by Gasteiger charge is 2.35. The zero-order valence-corrected chi connectivity index (χ0v) is 16.0. The van der Waals surface area contributed by atoms with Crippen LogP contribution in [0, 0.1) is 11.7 Å². The van der Waals surface area contributed by atoms with Crippen molar-refractivity contribution in [1.29, 1.82) is 0 Å². The summed E-state index contributed by atoms with van der Waals surface area (Å²) in [5.74, 6) is -1.47. The molecule has 2 aliphatic rings. The van der Waals surface area contributed by atoms with Crippen LogP contribution in [0.25, 0.3) is 0 Å². The third-order valence-electron chi connectivity index (χ3n) is 5.30. The Kier molecular flexibility index (Phi) is 5.04. The van der Waals surface area contributed by atoms with Gasteiger partial charge in [0.2, 0.25) is 17.8 Å². The second kappa shape index (κ2) is 7.65. The van der Waals surface area contributed by atoms with Crippen LogP contribution >= 0.6 is 0 Å². The highest BCUT2D eigenvalue weighted by Crippen LogP contribution is 2.31. The van der Waals surface area contributed by atoms with Crippen LogP contribution in [0.2, 0.25) is 0 Å². The number of nitrogens with one attached hydrogen (secondary N) is 3. The minimum atomic E-state index is -1.01. The predicted molar refractivity (Wildman–Crippen MR) is 106 cm³/mol. The van der Waals surface area contributed by atoms with Crippen molar-refractivity contribution in [2.75, 3.05) is 28.6 Å². The van der Waals surface area contributed by atoms with Crippen LogP contribution in [0.4, 0.5) is 21.8 Å². The largest absolute Gasteiger partial charge is 0.342 e. The van der Waals surface area contributed by atoms with Crippen molar-refractivity contribution >= 4 is 29.3 Å². The first-order valence-corrected chi connectivity index (χ1v) is 9.66. The number of anilines is 3. The Morgan fingerprint density at radius 3 is 2.93 bits per heavy atom. The predicted octanol–water partition coefficient (Wildman–Crippen LogP) is 2.21. The van der Waals surface area contributed by atoms with Crippen LogP contribution in [0.1, 0.15) is 37.7 Å². The number of H-pyrrole nitrogens is 1. The highest BCUT2D eigenvalue weighted by molar-refractivity contribution is 6.04. The van der Waals surface area contributed by atoms with E-state index in [-0.39, 0.29) is 23.5 Å². The molecular weight excluding hydrogens is 377 g/mol. The van der Waals surface area contributed by atoms with Gasteiger partial charge in [-0.2, -0.15) is 4.98 Å². The average Bonchev–Trinajstić information content (AvgIpc) is 2.67. The lowest BCUT2D eigenvalue weighted by molar-refractivity contribution is -0.123. The number of amides is 2. The van der Waals surface area contributed by atoms with E-state index in [0.717, 1.165) is 25.9 Å². The zero-order valence-electron chi connectivity index (χ0n) is 16.0. The van der Waals surface area contributed by atoms with E-state index in [1.54, 1.807) is 0 Å². The normalized spacial score (nSPS) is 21.3. The van der Waals surface area contributed by atoms with E-state index < -0.39 is 29.1 Å². The Labute approximate surface area is 166 Å². The van der Waals surface area contributed by atoms with Crippen LogP contribution in [0.5, 0.6) is 0 Å². The van der Waals surface area contributed by atoms with Crippen LogP contribution in [-0.2, 0) is 9.59 Å². The van der Waals surface area contributed by atoms with Crippen molar-refractivity contribution in [2.45, 2.75) is 32.1 Å². The van der Waals surface area contributed by atoms with Crippen molar-refractivity contribution in [3.8, 4) is 0 Å². The van der Waals surface area contributed by atoms with Crippen molar-refractivity contribution < 1.29 is 14.0 Å². The van der Waals surface area contributed by atoms with Gasteiger partial charge in [0, 0.05) is 25.2 Å². The number of piperidine rings is 1. The van der Waals surface area contributed by atoms with Crippen molar-refractivity contribution in [2.24, 2.45) is 5.92 Å². The number of aromatic nitrogens is 2. The average molecular weight is 399 g/mol. The molecule has 0 unspecified atom stereocenters. The standard InChI is InChI=1S/C20H22FN5O3/c1-11-4-3-7-26(10-11)20-24-17-16(19(29)25-20)14(9-15(27)23-17)18(28)22-13-6-2-5-12(21)8-13/h2,5-6,8,11,14H,3-4,7,9-10H2,1H3,(H,22,28)(H2,23,24,25,27,29)/t11-,14+/m1/s1. The molecule has 0 radical (unpaired) electrons. The number of nitrogens with zero attached hydrogens (tertiary/aromatic N) is 2. The van der Waals surface area contributed by atoms with E-state index in [1.165, 1.54) is 24.3 Å². The third kappa shape index (κ3) is 3.98. The minimum Gasteiger partial charge on any atom is -0.342 e. The number of benzene rings is 1. The van der Waals surface area contributed by atoms with Crippen LogP contribution in [-0.4, -0.2) is 34.9 Å². The number of carbonyl (C=O) groups excluding carboxylic acids is 2. The van der Waals surface area contributed by atoms with Gasteiger partial charge in [-0.15, -0.1) is 0 Å². The van der Waals surface area contributed by atoms with Crippen molar-refractivity contribution in [3.05, 3.63) is 46.0 Å². The van der Waals surface area contributed by atoms with Crippen LogP contribution < -0.4 is 21.1 Å². The van der Waals surface area contributed by atoms with Crippen LogP contribution in [0.15, 0.2) is 29.1 Å². The maximum Gasteiger partial charge on any atom is 0.258 e. The molecule has 0 bridgehead atoms. The molecule has 0 spiro atoms. The number of carbonyl (C=O) groups is 2. The molecule has 2 aromatic rings. The molecule has 1 aromatic carbocycles. The molecule has 9 heteroatoms. The summed E-state index contributed by atoms with van der Waals surface area (Å²) >= 11 is 0. The summed E-state index contributed by atoms with van der Waals surface area (Å²) in [5, 5.41) is 5.19. The summed E-state index contributed by atoms with van der Waals surface area (Å²) in [7, 11) is 0. The van der Waals surface area contributed by atoms with Gasteiger partial charge in [-0.1, -0.05) is 13.0 Å². The second-order valence-electron chi connectivity index (χ2n) is 7.65. The Morgan fingerprint density at radius 2 is 2.17 bits per heavy atom. The lowest BCUT2D eigenvalue weighted by Crippen LogP contribution is -2.40. The molecule has 8 nitrogen and oxygen atoms in total. The molecule has 1 fully saturated rings. The quantitative estimate of drug-likeness (QED) is 0.734. The second-order valence-corrected chi connectivity index (χ2v) is 7.65. The number of fused-ring (bicyclic) bond motifs is 1. The van der Waals surface area contributed by atoms with Gasteiger partial charge in [-0.05, 0) is 37.0 Å². The molecule has 152 valence electrons. The van der Waals surface area contributed by atoms with Crippen molar-refractivity contribution in [1.82, 2.24) is 9.97 Å². The summed E-state index contributed by atoms with van der Waals surface area (Å²) in [6.45, 7) is 3.67. The SMILES string of the molecule is C[C@@H]1CCCN(c2nc3c(c(=O)[nH]2)[C@@H](C(=O)Nc2cccc(F)c2)CC(=O)N3)C1. The Balaban J connectivity index is 1.65. The third-order valence-corrected chi connectivity index (χ3v) is 5.30. The van der Waals surface area contributed by atoms with Gasteiger partial charge in [-0.25, -0.2) is 4.39 Å². The molecule has 4 rings (SSSR count). The van der Waals surface area contributed by atoms with Gasteiger partial charge in [0.25, 0.3) is 5.56 Å². The maximum atomic E-state index is 13.4. The fraction of sp³-hybridized carbons (Fsp3) is 0.400. The number of hydrogen-bond donors (Lipinski definition) is 3. The number of rotatable bonds is 3. The molecule has 2 aliphatic heterocycles. The van der Waals surface area contributed by atoms with Gasteiger partial charge in [0.1, 0.15) is 11.6 Å². The van der Waals surface area contributed by atoms with Gasteiger partial charge in [0.15, 0.2) is 0 Å². The molecule has 2 atom stereocenters. The molecule has 29 heavy (non-hydrogen) atoms. The van der Waals surface area contributed by atoms with E-state index in [1.807, 2.05) is 4.90 Å². The van der Waals surface area contributed by atoms with E-state index in [4.69, 9.17) is 0 Å². The maximum absolute atomic E-state index is 13.4. The molecule has 2 amide bonds.